The second-order valence-electron chi connectivity index (χ2n) is 9.67. The van der Waals surface area contributed by atoms with Crippen molar-refractivity contribution in [3.8, 4) is 34.5 Å². The van der Waals surface area contributed by atoms with Crippen LogP contribution in [-0.4, -0.2) is 117 Å². The zero-order chi connectivity index (χ0) is 30.5. The summed E-state index contributed by atoms with van der Waals surface area (Å²) in [5.74, 6) is 2.08. The maximum absolute atomic E-state index is 12.8. The molecule has 12 nitrogen and oxygen atoms in total. The Morgan fingerprint density at radius 3 is 1.24 bits per heavy atom. The number of hydrogen-bond acceptors (Lipinski definition) is 10. The van der Waals surface area contributed by atoms with Crippen LogP contribution in [0.15, 0.2) is 24.3 Å². The number of amides is 2. The fourth-order valence-corrected chi connectivity index (χ4v) is 5.00. The number of nitrogens with one attached hydrogen (secondary N) is 2. The zero-order valence-corrected chi connectivity index (χ0v) is 25.5. The minimum Gasteiger partial charge on any atom is -0.493 e. The van der Waals surface area contributed by atoms with E-state index in [1.165, 1.54) is 42.7 Å². The molecule has 1 aliphatic heterocycles. The molecule has 1 heterocycles. The third-order valence-electron chi connectivity index (χ3n) is 7.24. The van der Waals surface area contributed by atoms with Crippen LogP contribution in [0.3, 0.4) is 0 Å². The third kappa shape index (κ3) is 8.10. The van der Waals surface area contributed by atoms with E-state index in [1.54, 1.807) is 24.3 Å². The summed E-state index contributed by atoms with van der Waals surface area (Å²) in [6, 6.07) is 6.73. The van der Waals surface area contributed by atoms with Crippen LogP contribution in [-0.2, 0) is 0 Å². The number of nitrogens with zero attached hydrogens (tertiary/aromatic N) is 2. The van der Waals surface area contributed by atoms with Gasteiger partial charge >= 0.3 is 0 Å². The normalized spacial score (nSPS) is 13.7. The first-order chi connectivity index (χ1) is 20.4. The van der Waals surface area contributed by atoms with E-state index in [2.05, 4.69) is 20.4 Å². The zero-order valence-electron chi connectivity index (χ0n) is 25.5. The molecule has 0 atom stereocenters. The minimum absolute atomic E-state index is 0.214. The lowest BCUT2D eigenvalue weighted by Crippen LogP contribution is -2.47. The summed E-state index contributed by atoms with van der Waals surface area (Å²) in [6.07, 6.45) is 1.68. The SMILES string of the molecule is COc1ccc(C(=O)NCCCN2CCN(CCCNC(=O)c3ccc(OC)c(OC)c3OC)CC2)c(OC)c1OC. The van der Waals surface area contributed by atoms with E-state index in [1.807, 2.05) is 0 Å². The van der Waals surface area contributed by atoms with Gasteiger partial charge in [0.25, 0.3) is 11.8 Å². The average Bonchev–Trinajstić information content (AvgIpc) is 3.03. The van der Waals surface area contributed by atoms with Crippen LogP contribution < -0.4 is 39.1 Å². The molecule has 42 heavy (non-hydrogen) atoms. The second-order valence-corrected chi connectivity index (χ2v) is 9.67. The number of ether oxygens (including phenoxy) is 6. The Bertz CT molecular complexity index is 1090. The number of piperazine rings is 1. The van der Waals surface area contributed by atoms with Gasteiger partial charge in [-0.25, -0.2) is 0 Å². The lowest BCUT2D eigenvalue weighted by Gasteiger charge is -2.34. The van der Waals surface area contributed by atoms with Gasteiger partial charge in [0.05, 0.1) is 53.8 Å². The standard InChI is InChI=1S/C30H44N4O8/c1-37-23-11-9-21(25(39-3)27(23)41-5)29(35)31-13-7-15-33-17-19-34(20-18-33)16-8-14-32-30(36)22-10-12-24(38-2)28(42-6)26(22)40-4/h9-12H,7-8,13-20H2,1-6H3,(H,31,35)(H,32,36). The van der Waals surface area contributed by atoms with Crippen LogP contribution in [0, 0.1) is 0 Å². The summed E-state index contributed by atoms with van der Waals surface area (Å²) >= 11 is 0. The Balaban J connectivity index is 1.34. The maximum atomic E-state index is 12.8. The molecule has 0 aliphatic carbocycles. The molecule has 0 spiro atoms. The maximum Gasteiger partial charge on any atom is 0.255 e. The van der Waals surface area contributed by atoms with Gasteiger partial charge in [0, 0.05) is 39.3 Å². The Kier molecular flexibility index (Phi) is 12.8. The summed E-state index contributed by atoms with van der Waals surface area (Å²) < 4.78 is 32.2. The summed E-state index contributed by atoms with van der Waals surface area (Å²) in [7, 11) is 9.11. The molecule has 2 aromatic carbocycles. The Morgan fingerprint density at radius 2 is 0.929 bits per heavy atom. The van der Waals surface area contributed by atoms with Crippen LogP contribution in [0.5, 0.6) is 34.5 Å². The quantitative estimate of drug-likeness (QED) is 0.283. The number of hydrogen-bond donors (Lipinski definition) is 2. The Hall–Kier alpha value is -3.90. The fraction of sp³-hybridized carbons (Fsp3) is 0.533. The molecule has 3 rings (SSSR count). The third-order valence-corrected chi connectivity index (χ3v) is 7.24. The number of rotatable bonds is 16. The Labute approximate surface area is 248 Å². The lowest BCUT2D eigenvalue weighted by atomic mass is 10.1. The topological polar surface area (TPSA) is 120 Å². The van der Waals surface area contributed by atoms with Crippen molar-refractivity contribution in [3.05, 3.63) is 35.4 Å². The van der Waals surface area contributed by atoms with E-state index < -0.39 is 0 Å². The van der Waals surface area contributed by atoms with E-state index in [-0.39, 0.29) is 11.8 Å². The second kappa shape index (κ2) is 16.5. The summed E-state index contributed by atoms with van der Waals surface area (Å²) in [6.45, 7) is 6.78. The van der Waals surface area contributed by atoms with E-state index in [4.69, 9.17) is 28.4 Å². The highest BCUT2D eigenvalue weighted by molar-refractivity contribution is 5.99. The molecule has 1 fully saturated rings. The molecule has 0 bridgehead atoms. The van der Waals surface area contributed by atoms with Crippen molar-refractivity contribution in [2.45, 2.75) is 12.8 Å². The van der Waals surface area contributed by atoms with Crippen molar-refractivity contribution in [2.75, 3.05) is 95.0 Å². The number of methoxy groups -OCH3 is 6. The fourth-order valence-electron chi connectivity index (χ4n) is 5.00. The highest BCUT2D eigenvalue weighted by Gasteiger charge is 2.22. The van der Waals surface area contributed by atoms with Crippen LogP contribution in [0.25, 0.3) is 0 Å². The predicted molar refractivity (Wildman–Crippen MR) is 159 cm³/mol. The van der Waals surface area contributed by atoms with Gasteiger partial charge in [0.1, 0.15) is 0 Å². The summed E-state index contributed by atoms with van der Waals surface area (Å²) in [5, 5.41) is 5.95. The molecule has 0 unspecified atom stereocenters. The lowest BCUT2D eigenvalue weighted by molar-refractivity contribution is 0.0931. The van der Waals surface area contributed by atoms with E-state index in [0.29, 0.717) is 58.7 Å². The van der Waals surface area contributed by atoms with Crippen molar-refractivity contribution in [1.29, 1.82) is 0 Å². The van der Waals surface area contributed by atoms with Gasteiger partial charge in [-0.05, 0) is 50.2 Å². The monoisotopic (exact) mass is 588 g/mol. The van der Waals surface area contributed by atoms with Gasteiger partial charge in [-0.1, -0.05) is 0 Å². The van der Waals surface area contributed by atoms with Crippen LogP contribution in [0.2, 0.25) is 0 Å². The first kappa shape index (κ1) is 32.6. The van der Waals surface area contributed by atoms with Gasteiger partial charge in [-0.2, -0.15) is 0 Å². The average molecular weight is 589 g/mol. The van der Waals surface area contributed by atoms with E-state index in [9.17, 15) is 9.59 Å². The summed E-state index contributed by atoms with van der Waals surface area (Å²) in [4.78, 5) is 30.4. The smallest absolute Gasteiger partial charge is 0.255 e. The molecule has 0 aromatic heterocycles. The molecule has 1 saturated heterocycles. The van der Waals surface area contributed by atoms with Crippen LogP contribution in [0.4, 0.5) is 0 Å². The van der Waals surface area contributed by atoms with Crippen LogP contribution >= 0.6 is 0 Å². The van der Waals surface area contributed by atoms with Crippen molar-refractivity contribution in [2.24, 2.45) is 0 Å². The highest BCUT2D eigenvalue weighted by atomic mass is 16.5. The number of carbonyl (C=O) groups excluding carboxylic acids is 2. The molecular formula is C30H44N4O8. The van der Waals surface area contributed by atoms with Crippen molar-refractivity contribution in [3.63, 3.8) is 0 Å². The minimum atomic E-state index is -0.214. The van der Waals surface area contributed by atoms with E-state index in [0.717, 1.165) is 52.1 Å². The predicted octanol–water partition coefficient (Wildman–Crippen LogP) is 2.30. The van der Waals surface area contributed by atoms with Crippen LogP contribution in [0.1, 0.15) is 33.6 Å². The molecule has 12 heteroatoms. The summed E-state index contributed by atoms with van der Waals surface area (Å²) in [5.41, 5.74) is 0.811. The highest BCUT2D eigenvalue weighted by Crippen LogP contribution is 2.40. The van der Waals surface area contributed by atoms with Gasteiger partial charge in [0.2, 0.25) is 11.5 Å². The van der Waals surface area contributed by atoms with Gasteiger partial charge in [-0.3, -0.25) is 9.59 Å². The van der Waals surface area contributed by atoms with Gasteiger partial charge in [0.15, 0.2) is 23.0 Å². The molecule has 0 saturated carbocycles. The first-order valence-electron chi connectivity index (χ1n) is 14.0. The van der Waals surface area contributed by atoms with Gasteiger partial charge in [-0.15, -0.1) is 0 Å². The van der Waals surface area contributed by atoms with Crippen molar-refractivity contribution >= 4 is 11.8 Å². The molecule has 2 N–H and O–H groups in total. The first-order valence-corrected chi connectivity index (χ1v) is 14.0. The number of benzene rings is 2. The Morgan fingerprint density at radius 1 is 0.571 bits per heavy atom. The molecule has 2 amide bonds. The molecule has 232 valence electrons. The molecular weight excluding hydrogens is 544 g/mol. The molecule has 0 radical (unpaired) electrons. The molecule has 2 aromatic rings. The van der Waals surface area contributed by atoms with Crippen molar-refractivity contribution < 1.29 is 38.0 Å². The number of carbonyl (C=O) groups is 2. The molecule has 1 aliphatic rings. The van der Waals surface area contributed by atoms with Crippen molar-refractivity contribution in [1.82, 2.24) is 20.4 Å². The van der Waals surface area contributed by atoms with Gasteiger partial charge < -0.3 is 48.9 Å². The van der Waals surface area contributed by atoms with E-state index >= 15 is 0 Å². The largest absolute Gasteiger partial charge is 0.493 e.